The Kier molecular flexibility index (Phi) is 13.4. The van der Waals surface area contributed by atoms with Crippen molar-refractivity contribution < 1.29 is 21.1 Å². The Hall–Kier alpha value is -2.33. The molecule has 1 aliphatic rings. The topological polar surface area (TPSA) is 34.7 Å². The number of hydrogen-bond acceptors (Lipinski definition) is 2. The van der Waals surface area contributed by atoms with Crippen LogP contribution in [0.4, 0.5) is 5.69 Å². The summed E-state index contributed by atoms with van der Waals surface area (Å²) >= 11 is 0. The molecule has 0 amide bonds. The van der Waals surface area contributed by atoms with Gasteiger partial charge >= 0.3 is 21.1 Å². The number of benzene rings is 3. The van der Waals surface area contributed by atoms with Gasteiger partial charge < -0.3 is 20.4 Å². The first kappa shape index (κ1) is 34.9. The Labute approximate surface area is 265 Å². The number of aryl methyl sites for hydroxylation is 6. The zero-order chi connectivity index (χ0) is 29.6. The van der Waals surface area contributed by atoms with Crippen molar-refractivity contribution in [2.75, 3.05) is 32.7 Å². The molecular formula is C35H49BN4Pt. The van der Waals surface area contributed by atoms with E-state index in [0.29, 0.717) is 12.1 Å². The molecule has 2 unspecified atom stereocenters. The minimum atomic E-state index is 0. The first-order chi connectivity index (χ1) is 18.9. The average Bonchev–Trinajstić information content (AvgIpc) is 3.33. The van der Waals surface area contributed by atoms with Gasteiger partial charge in [0.25, 0.3) is 0 Å². The summed E-state index contributed by atoms with van der Waals surface area (Å²) in [4.78, 5) is 4.51. The number of rotatable bonds is 8. The van der Waals surface area contributed by atoms with Gasteiger partial charge in [-0.3, -0.25) is 0 Å². The van der Waals surface area contributed by atoms with E-state index in [4.69, 9.17) is 0 Å². The molecule has 0 saturated carbocycles. The van der Waals surface area contributed by atoms with Gasteiger partial charge in [0.1, 0.15) is 0 Å². The van der Waals surface area contributed by atoms with Crippen molar-refractivity contribution in [3.63, 3.8) is 0 Å². The summed E-state index contributed by atoms with van der Waals surface area (Å²) in [5.74, 6) is 0. The van der Waals surface area contributed by atoms with Gasteiger partial charge in [0.05, 0.1) is 6.67 Å². The Balaban J connectivity index is 0.000000511. The van der Waals surface area contributed by atoms with Gasteiger partial charge in [-0.25, -0.2) is 0 Å². The molecule has 0 radical (unpaired) electrons. The maximum atomic E-state index is 4.12. The summed E-state index contributed by atoms with van der Waals surface area (Å²) in [6, 6.07) is 19.3. The SMILES string of the molecule is C[N-]C(C)CC(C)[N-]C.Cc1cc(C)c(B(c2cccc(N3C=CN(C)C3)c2)c2c(C)cc(C)cc2C)c(C)c1.[Pt+2]. The Morgan fingerprint density at radius 1 is 0.732 bits per heavy atom. The van der Waals surface area contributed by atoms with Crippen molar-refractivity contribution in [1.29, 1.82) is 0 Å². The van der Waals surface area contributed by atoms with Crippen LogP contribution < -0.4 is 21.3 Å². The van der Waals surface area contributed by atoms with Gasteiger partial charge in [-0.05, 0) is 53.7 Å². The van der Waals surface area contributed by atoms with E-state index >= 15 is 0 Å². The smallest absolute Gasteiger partial charge is 0.663 e. The fourth-order valence-corrected chi connectivity index (χ4v) is 6.05. The molecule has 4 nitrogen and oxygen atoms in total. The second-order valence-corrected chi connectivity index (χ2v) is 11.8. The maximum Gasteiger partial charge on any atom is 2.00 e. The summed E-state index contributed by atoms with van der Waals surface area (Å²) in [6.07, 6.45) is 5.37. The van der Waals surface area contributed by atoms with Crippen molar-refractivity contribution >= 4 is 28.8 Å². The molecule has 0 fully saturated rings. The van der Waals surface area contributed by atoms with Crippen LogP contribution in [0, 0.1) is 41.5 Å². The van der Waals surface area contributed by atoms with Gasteiger partial charge in [-0.1, -0.05) is 106 Å². The van der Waals surface area contributed by atoms with Crippen LogP contribution >= 0.6 is 0 Å². The van der Waals surface area contributed by atoms with Crippen LogP contribution in [0.25, 0.3) is 10.6 Å². The molecule has 0 N–H and O–H groups in total. The van der Waals surface area contributed by atoms with Crippen LogP contribution in [-0.2, 0) is 21.1 Å². The van der Waals surface area contributed by atoms with Gasteiger partial charge in [-0.2, -0.15) is 14.1 Å². The van der Waals surface area contributed by atoms with Gasteiger partial charge in [0.15, 0.2) is 0 Å². The normalized spacial score (nSPS) is 13.8. The molecule has 0 saturated heterocycles. The van der Waals surface area contributed by atoms with E-state index in [1.165, 1.54) is 55.5 Å². The fraction of sp³-hybridized carbons (Fsp3) is 0.429. The molecule has 1 aliphatic heterocycles. The van der Waals surface area contributed by atoms with Gasteiger partial charge in [0, 0.05) is 25.1 Å². The number of anilines is 1. The molecule has 3 aromatic rings. The minimum Gasteiger partial charge on any atom is -0.663 e. The predicted molar refractivity (Wildman–Crippen MR) is 179 cm³/mol. The zero-order valence-corrected chi connectivity index (χ0v) is 29.3. The molecule has 3 aromatic carbocycles. The van der Waals surface area contributed by atoms with Gasteiger partial charge in [-0.15, -0.1) is 12.1 Å². The minimum absolute atomic E-state index is 0. The Morgan fingerprint density at radius 2 is 1.20 bits per heavy atom. The number of hydrogen-bond donors (Lipinski definition) is 0. The molecular weight excluding hydrogens is 682 g/mol. The van der Waals surface area contributed by atoms with E-state index in [-0.39, 0.29) is 27.8 Å². The van der Waals surface area contributed by atoms with Crippen molar-refractivity contribution in [2.24, 2.45) is 0 Å². The second kappa shape index (κ2) is 15.8. The molecule has 41 heavy (non-hydrogen) atoms. The molecule has 0 spiro atoms. The molecule has 0 aromatic heterocycles. The van der Waals surface area contributed by atoms with E-state index in [9.17, 15) is 0 Å². The third-order valence-electron chi connectivity index (χ3n) is 8.03. The molecule has 0 bridgehead atoms. The number of nitrogens with zero attached hydrogens (tertiary/aromatic N) is 4. The summed E-state index contributed by atoms with van der Waals surface area (Å²) in [6.45, 7) is 18.8. The molecule has 4 rings (SSSR count). The van der Waals surface area contributed by atoms with Crippen LogP contribution in [0.15, 0.2) is 60.9 Å². The largest absolute Gasteiger partial charge is 2.00 e. The molecule has 222 valence electrons. The average molecular weight is 732 g/mol. The Morgan fingerprint density at radius 3 is 1.59 bits per heavy atom. The standard InChI is InChI=1S/C28H33BN2.C7H16N2.Pt/c1-19-13-21(3)27(22(4)14-19)29(28-23(5)15-20(2)16-24(28)6)25-9-8-10-26(17-25)31-12-11-30(7)18-31;1-6(8-3)5-7(2)9-4;/h8-17H,18H2,1-7H3;6-7H,5H2,1-4H3;/q;-2;+2. The summed E-state index contributed by atoms with van der Waals surface area (Å²) in [5, 5.41) is 8.23. The maximum absolute atomic E-state index is 4.12. The molecule has 6 heteroatoms. The molecule has 2 atom stereocenters. The first-order valence-electron chi connectivity index (χ1n) is 14.5. The first-order valence-corrected chi connectivity index (χ1v) is 14.5. The second-order valence-electron chi connectivity index (χ2n) is 11.8. The van der Waals surface area contributed by atoms with Crippen LogP contribution in [0.3, 0.4) is 0 Å². The van der Waals surface area contributed by atoms with E-state index in [1.807, 2.05) is 14.1 Å². The predicted octanol–water partition coefficient (Wildman–Crippen LogP) is 6.39. The monoisotopic (exact) mass is 731 g/mol. The van der Waals surface area contributed by atoms with E-state index in [2.05, 4.69) is 144 Å². The fourth-order valence-electron chi connectivity index (χ4n) is 6.05. The van der Waals surface area contributed by atoms with Gasteiger partial charge in [0.2, 0.25) is 6.71 Å². The van der Waals surface area contributed by atoms with E-state index < -0.39 is 0 Å². The van der Waals surface area contributed by atoms with Crippen LogP contribution in [-0.4, -0.2) is 51.5 Å². The third kappa shape index (κ3) is 9.08. The van der Waals surface area contributed by atoms with E-state index in [1.54, 1.807) is 0 Å². The van der Waals surface area contributed by atoms with Crippen LogP contribution in [0.1, 0.15) is 53.6 Å². The third-order valence-corrected chi connectivity index (χ3v) is 8.03. The zero-order valence-electron chi connectivity index (χ0n) is 27.0. The summed E-state index contributed by atoms with van der Waals surface area (Å²) in [7, 11) is 5.82. The van der Waals surface area contributed by atoms with Crippen molar-refractivity contribution in [3.05, 3.63) is 105 Å². The quantitative estimate of drug-likeness (QED) is 0.252. The molecule has 0 aliphatic carbocycles. The van der Waals surface area contributed by atoms with Crippen molar-refractivity contribution in [1.82, 2.24) is 4.90 Å². The van der Waals surface area contributed by atoms with Crippen LogP contribution in [0.2, 0.25) is 0 Å². The van der Waals surface area contributed by atoms with Crippen LogP contribution in [0.5, 0.6) is 0 Å². The summed E-state index contributed by atoms with van der Waals surface area (Å²) in [5.41, 5.74) is 13.6. The molecule has 1 heterocycles. The summed E-state index contributed by atoms with van der Waals surface area (Å²) < 4.78 is 0. The van der Waals surface area contributed by atoms with Crippen molar-refractivity contribution in [3.8, 4) is 0 Å². The Bertz CT molecular complexity index is 1210. The van der Waals surface area contributed by atoms with Crippen molar-refractivity contribution in [2.45, 2.75) is 73.9 Å². The van der Waals surface area contributed by atoms with E-state index in [0.717, 1.165) is 13.1 Å².